The van der Waals surface area contributed by atoms with Gasteiger partial charge in [-0.05, 0) is 42.5 Å². The zero-order valence-electron chi connectivity index (χ0n) is 16.0. The molecule has 0 radical (unpaired) electrons. The van der Waals surface area contributed by atoms with Crippen LogP contribution in [-0.2, 0) is 11.3 Å². The molecule has 0 aliphatic heterocycles. The lowest BCUT2D eigenvalue weighted by Gasteiger charge is -2.07. The molecule has 0 saturated heterocycles. The summed E-state index contributed by atoms with van der Waals surface area (Å²) in [7, 11) is 1.59. The zero-order chi connectivity index (χ0) is 20.9. The van der Waals surface area contributed by atoms with Crippen molar-refractivity contribution < 1.29 is 9.53 Å². The van der Waals surface area contributed by atoms with Gasteiger partial charge >= 0.3 is 0 Å². The summed E-state index contributed by atoms with van der Waals surface area (Å²) < 4.78 is 6.28. The van der Waals surface area contributed by atoms with Gasteiger partial charge in [-0.2, -0.15) is 5.10 Å². The number of aromatic nitrogens is 4. The first-order valence-corrected chi connectivity index (χ1v) is 9.89. The molecule has 0 aliphatic rings. The molecule has 1 amide bonds. The summed E-state index contributed by atoms with van der Waals surface area (Å²) in [5.41, 5.74) is 2.69. The quantitative estimate of drug-likeness (QED) is 0.516. The van der Waals surface area contributed by atoms with Gasteiger partial charge < -0.3 is 10.1 Å². The van der Waals surface area contributed by atoms with Gasteiger partial charge in [0.2, 0.25) is 5.91 Å². The maximum atomic E-state index is 12.4. The second-order valence-electron chi connectivity index (χ2n) is 6.26. The third kappa shape index (κ3) is 4.41. The van der Waals surface area contributed by atoms with E-state index in [-0.39, 0.29) is 18.0 Å². The lowest BCUT2D eigenvalue weighted by molar-refractivity contribution is -0.117. The van der Waals surface area contributed by atoms with Crippen LogP contribution in [0.25, 0.3) is 22.5 Å². The van der Waals surface area contributed by atoms with Crippen LogP contribution in [0.3, 0.4) is 0 Å². The van der Waals surface area contributed by atoms with Crippen molar-refractivity contribution >= 4 is 22.4 Å². The Hall–Kier alpha value is -3.85. The predicted molar refractivity (Wildman–Crippen MR) is 114 cm³/mol. The van der Waals surface area contributed by atoms with Crippen LogP contribution in [-0.4, -0.2) is 32.8 Å². The molecule has 0 bridgehead atoms. The minimum Gasteiger partial charge on any atom is -0.497 e. The van der Waals surface area contributed by atoms with Crippen LogP contribution in [0.15, 0.2) is 71.1 Å². The second kappa shape index (κ2) is 8.66. The van der Waals surface area contributed by atoms with Gasteiger partial charge in [0, 0.05) is 35.0 Å². The molecule has 1 aromatic carbocycles. The van der Waals surface area contributed by atoms with E-state index in [2.05, 4.69) is 20.4 Å². The summed E-state index contributed by atoms with van der Waals surface area (Å²) in [6.45, 7) is -0.215. The molecule has 150 valence electrons. The molecule has 9 heteroatoms. The average Bonchev–Trinajstić information content (AvgIpc) is 3.24. The number of benzene rings is 1. The number of carbonyl (C=O) groups is 1. The molecule has 0 unspecified atom stereocenters. The fraction of sp³-hybridized carbons (Fsp3) is 0.0952. The number of ether oxygens (including phenoxy) is 1. The molecular formula is C21H17N5O3S. The highest BCUT2D eigenvalue weighted by atomic mass is 32.1. The van der Waals surface area contributed by atoms with E-state index in [0.29, 0.717) is 10.8 Å². The summed E-state index contributed by atoms with van der Waals surface area (Å²) in [6.07, 6.45) is 3.36. The van der Waals surface area contributed by atoms with Crippen molar-refractivity contribution in [2.24, 2.45) is 0 Å². The standard InChI is InChI=1S/C21H17N5O3S/c1-29-16-4-2-14(3-5-16)17-6-7-20(28)26(25-17)12-19(27)24-21-23-18(13-30-21)15-8-10-22-11-9-15/h2-11,13H,12H2,1H3,(H,23,24,27). The van der Waals surface area contributed by atoms with E-state index in [1.165, 1.54) is 17.4 Å². The average molecular weight is 419 g/mol. The number of hydrogen-bond donors (Lipinski definition) is 1. The Morgan fingerprint density at radius 3 is 2.50 bits per heavy atom. The van der Waals surface area contributed by atoms with E-state index in [4.69, 9.17) is 4.74 Å². The third-order valence-corrected chi connectivity index (χ3v) is 5.03. The van der Waals surface area contributed by atoms with Crippen LogP contribution in [0, 0.1) is 0 Å². The Morgan fingerprint density at radius 1 is 1.03 bits per heavy atom. The highest BCUT2D eigenvalue weighted by Crippen LogP contribution is 2.24. The van der Waals surface area contributed by atoms with Crippen LogP contribution in [0.1, 0.15) is 0 Å². The summed E-state index contributed by atoms with van der Waals surface area (Å²) >= 11 is 1.31. The number of pyridine rings is 1. The van der Waals surface area contributed by atoms with Gasteiger partial charge in [0.25, 0.3) is 5.56 Å². The lowest BCUT2D eigenvalue weighted by Crippen LogP contribution is -2.29. The van der Waals surface area contributed by atoms with Crippen LogP contribution in [0.2, 0.25) is 0 Å². The molecule has 3 aromatic heterocycles. The molecule has 8 nitrogen and oxygen atoms in total. The Balaban J connectivity index is 1.48. The summed E-state index contributed by atoms with van der Waals surface area (Å²) in [4.78, 5) is 33.0. The number of thiazole rings is 1. The van der Waals surface area contributed by atoms with Crippen molar-refractivity contribution in [3.63, 3.8) is 0 Å². The minimum atomic E-state index is -0.382. The summed E-state index contributed by atoms with van der Waals surface area (Å²) in [5.74, 6) is 0.341. The van der Waals surface area contributed by atoms with Gasteiger partial charge in [0.1, 0.15) is 12.3 Å². The second-order valence-corrected chi connectivity index (χ2v) is 7.12. The van der Waals surface area contributed by atoms with Crippen LogP contribution in [0.5, 0.6) is 5.75 Å². The zero-order valence-corrected chi connectivity index (χ0v) is 16.8. The monoisotopic (exact) mass is 419 g/mol. The molecule has 0 spiro atoms. The molecule has 3 heterocycles. The number of amides is 1. The number of anilines is 1. The number of methoxy groups -OCH3 is 1. The van der Waals surface area contributed by atoms with Gasteiger partial charge in [-0.1, -0.05) is 0 Å². The van der Waals surface area contributed by atoms with Crippen molar-refractivity contribution in [2.45, 2.75) is 6.54 Å². The topological polar surface area (TPSA) is 99.0 Å². The van der Waals surface area contributed by atoms with Crippen LogP contribution >= 0.6 is 11.3 Å². The molecule has 4 aromatic rings. The van der Waals surface area contributed by atoms with E-state index < -0.39 is 0 Å². The number of carbonyl (C=O) groups excluding carboxylic acids is 1. The van der Waals surface area contributed by atoms with E-state index >= 15 is 0 Å². The number of nitrogens with zero attached hydrogens (tertiary/aromatic N) is 4. The normalized spacial score (nSPS) is 10.6. The number of rotatable bonds is 6. The maximum absolute atomic E-state index is 12.4. The minimum absolute atomic E-state index is 0.215. The Bertz CT molecular complexity index is 1220. The molecule has 30 heavy (non-hydrogen) atoms. The summed E-state index contributed by atoms with van der Waals surface area (Å²) in [5, 5.41) is 9.33. The number of nitrogens with one attached hydrogen (secondary N) is 1. The van der Waals surface area contributed by atoms with E-state index in [9.17, 15) is 9.59 Å². The van der Waals surface area contributed by atoms with Gasteiger partial charge in [-0.25, -0.2) is 9.67 Å². The fourth-order valence-corrected chi connectivity index (χ4v) is 3.50. The first-order valence-electron chi connectivity index (χ1n) is 9.01. The van der Waals surface area contributed by atoms with Crippen molar-refractivity contribution in [2.75, 3.05) is 12.4 Å². The smallest absolute Gasteiger partial charge is 0.267 e. The van der Waals surface area contributed by atoms with Gasteiger partial charge in [0.15, 0.2) is 5.13 Å². The van der Waals surface area contributed by atoms with E-state index in [1.54, 1.807) is 25.6 Å². The molecular weight excluding hydrogens is 402 g/mol. The van der Waals surface area contributed by atoms with Crippen molar-refractivity contribution in [3.8, 4) is 28.3 Å². The molecule has 4 rings (SSSR count). The SMILES string of the molecule is COc1ccc(-c2ccc(=O)n(CC(=O)Nc3nc(-c4ccncc4)cs3)n2)cc1. The Morgan fingerprint density at radius 2 is 1.77 bits per heavy atom. The molecule has 0 atom stereocenters. The Labute approximate surface area is 175 Å². The molecule has 0 saturated carbocycles. The molecule has 1 N–H and O–H groups in total. The third-order valence-electron chi connectivity index (χ3n) is 4.27. The highest BCUT2D eigenvalue weighted by Gasteiger charge is 2.11. The molecule has 0 aliphatic carbocycles. The predicted octanol–water partition coefficient (Wildman–Crippen LogP) is 3.08. The van der Waals surface area contributed by atoms with E-state index in [0.717, 1.165) is 27.3 Å². The van der Waals surface area contributed by atoms with Crippen molar-refractivity contribution in [1.29, 1.82) is 0 Å². The Kier molecular flexibility index (Phi) is 5.62. The van der Waals surface area contributed by atoms with Gasteiger partial charge in [-0.15, -0.1) is 11.3 Å². The highest BCUT2D eigenvalue weighted by molar-refractivity contribution is 7.14. The van der Waals surface area contributed by atoms with Gasteiger partial charge in [0.05, 0.1) is 18.5 Å². The number of hydrogen-bond acceptors (Lipinski definition) is 7. The van der Waals surface area contributed by atoms with Crippen molar-refractivity contribution in [1.82, 2.24) is 19.7 Å². The maximum Gasteiger partial charge on any atom is 0.267 e. The lowest BCUT2D eigenvalue weighted by atomic mass is 10.1. The van der Waals surface area contributed by atoms with Crippen molar-refractivity contribution in [3.05, 3.63) is 76.7 Å². The first kappa shape index (κ1) is 19.5. The van der Waals surface area contributed by atoms with E-state index in [1.807, 2.05) is 41.8 Å². The largest absolute Gasteiger partial charge is 0.497 e. The van der Waals surface area contributed by atoms with Gasteiger partial charge in [-0.3, -0.25) is 14.6 Å². The molecule has 0 fully saturated rings. The summed E-state index contributed by atoms with van der Waals surface area (Å²) in [6, 6.07) is 14.0. The van der Waals surface area contributed by atoms with Crippen LogP contribution in [0.4, 0.5) is 5.13 Å². The van der Waals surface area contributed by atoms with Crippen LogP contribution < -0.4 is 15.6 Å². The fourth-order valence-electron chi connectivity index (χ4n) is 2.76. The first-order chi connectivity index (χ1) is 14.6.